The van der Waals surface area contributed by atoms with Crippen molar-refractivity contribution in [2.24, 2.45) is 0 Å². The third-order valence-electron chi connectivity index (χ3n) is 3.05. The summed E-state index contributed by atoms with van der Waals surface area (Å²) in [6.45, 7) is 1.21. The molecule has 0 bridgehead atoms. The highest BCUT2D eigenvalue weighted by Crippen LogP contribution is 2.32. The number of likely N-dealkylation sites (N-methyl/N-ethyl adjacent to an activating group) is 1. The van der Waals surface area contributed by atoms with E-state index in [-0.39, 0.29) is 17.7 Å². The number of ether oxygens (including phenoxy) is 1. The zero-order valence-electron chi connectivity index (χ0n) is 10.6. The van der Waals surface area contributed by atoms with E-state index in [1.165, 1.54) is 0 Å². The number of halogens is 3. The van der Waals surface area contributed by atoms with Gasteiger partial charge in [-0.1, -0.05) is 0 Å². The van der Waals surface area contributed by atoms with E-state index in [0.29, 0.717) is 13.2 Å². The maximum Gasteiger partial charge on any atom is 0.416 e. The molecule has 1 unspecified atom stereocenters. The largest absolute Gasteiger partial charge is 0.416 e. The molecule has 0 aliphatic carbocycles. The predicted octanol–water partition coefficient (Wildman–Crippen LogP) is 2.30. The normalized spacial score (nSPS) is 19.7. The van der Waals surface area contributed by atoms with Gasteiger partial charge in [0.2, 0.25) is 0 Å². The van der Waals surface area contributed by atoms with Crippen LogP contribution in [-0.4, -0.2) is 31.3 Å². The first-order valence-corrected chi connectivity index (χ1v) is 6.04. The average molecular weight is 275 g/mol. The Morgan fingerprint density at radius 2 is 2.21 bits per heavy atom. The van der Waals surface area contributed by atoms with E-state index < -0.39 is 11.7 Å². The van der Waals surface area contributed by atoms with E-state index in [0.717, 1.165) is 25.0 Å². The van der Waals surface area contributed by atoms with Crippen LogP contribution in [0.15, 0.2) is 12.1 Å². The van der Waals surface area contributed by atoms with Crippen molar-refractivity contribution in [1.29, 1.82) is 0 Å². The minimum atomic E-state index is -4.42. The summed E-state index contributed by atoms with van der Waals surface area (Å²) >= 11 is 0. The molecule has 1 atom stereocenters. The number of alkyl halides is 3. The molecular formula is C12H16F3N3O. The number of hydrogen-bond donors (Lipinski definition) is 1. The summed E-state index contributed by atoms with van der Waals surface area (Å²) in [7, 11) is 1.68. The Morgan fingerprint density at radius 1 is 1.47 bits per heavy atom. The van der Waals surface area contributed by atoms with Gasteiger partial charge in [-0.05, 0) is 25.0 Å². The van der Waals surface area contributed by atoms with Crippen molar-refractivity contribution in [3.05, 3.63) is 17.7 Å². The summed E-state index contributed by atoms with van der Waals surface area (Å²) in [6, 6.07) is 1.84. The van der Waals surface area contributed by atoms with Gasteiger partial charge in [0.05, 0.1) is 11.7 Å². The van der Waals surface area contributed by atoms with Crippen LogP contribution in [0.5, 0.6) is 0 Å². The number of nitrogens with two attached hydrogens (primary N) is 1. The van der Waals surface area contributed by atoms with Gasteiger partial charge in [-0.3, -0.25) is 0 Å². The van der Waals surface area contributed by atoms with Crippen LogP contribution in [-0.2, 0) is 10.9 Å². The summed E-state index contributed by atoms with van der Waals surface area (Å²) in [5.41, 5.74) is 4.65. The topological polar surface area (TPSA) is 51.4 Å². The van der Waals surface area contributed by atoms with Crippen LogP contribution in [0, 0.1) is 0 Å². The van der Waals surface area contributed by atoms with Crippen molar-refractivity contribution in [2.45, 2.75) is 25.1 Å². The Hall–Kier alpha value is -1.50. The number of pyridine rings is 1. The number of anilines is 2. The number of rotatable bonds is 3. The maximum atomic E-state index is 12.7. The summed E-state index contributed by atoms with van der Waals surface area (Å²) in [6.07, 6.45) is -2.48. The molecule has 0 aromatic carbocycles. The molecule has 0 saturated carbocycles. The summed E-state index contributed by atoms with van der Waals surface area (Å²) in [5, 5.41) is 0. The molecule has 0 spiro atoms. The van der Waals surface area contributed by atoms with E-state index in [2.05, 4.69) is 4.98 Å². The van der Waals surface area contributed by atoms with Crippen LogP contribution >= 0.6 is 0 Å². The molecule has 1 saturated heterocycles. The summed E-state index contributed by atoms with van der Waals surface area (Å²) in [5.74, 6) is 0.0758. The fraction of sp³-hybridized carbons (Fsp3) is 0.583. The van der Waals surface area contributed by atoms with E-state index in [9.17, 15) is 13.2 Å². The highest BCUT2D eigenvalue weighted by Gasteiger charge is 2.32. The van der Waals surface area contributed by atoms with E-state index in [1.54, 1.807) is 11.9 Å². The molecule has 19 heavy (non-hydrogen) atoms. The Morgan fingerprint density at radius 3 is 2.79 bits per heavy atom. The molecule has 0 radical (unpaired) electrons. The van der Waals surface area contributed by atoms with Crippen LogP contribution in [0.1, 0.15) is 18.4 Å². The van der Waals surface area contributed by atoms with Crippen molar-refractivity contribution >= 4 is 11.6 Å². The molecule has 2 heterocycles. The van der Waals surface area contributed by atoms with Gasteiger partial charge in [0.25, 0.3) is 0 Å². The van der Waals surface area contributed by atoms with Crippen molar-refractivity contribution in [3.63, 3.8) is 0 Å². The molecule has 2 rings (SSSR count). The molecular weight excluding hydrogens is 259 g/mol. The second-order valence-corrected chi connectivity index (χ2v) is 4.65. The first-order chi connectivity index (χ1) is 8.86. The fourth-order valence-corrected chi connectivity index (χ4v) is 2.08. The van der Waals surface area contributed by atoms with Crippen molar-refractivity contribution in [2.75, 3.05) is 30.8 Å². The van der Waals surface area contributed by atoms with E-state index >= 15 is 0 Å². The smallest absolute Gasteiger partial charge is 0.384 e. The lowest BCUT2D eigenvalue weighted by atomic mass is 10.2. The van der Waals surface area contributed by atoms with E-state index in [4.69, 9.17) is 10.5 Å². The van der Waals surface area contributed by atoms with Gasteiger partial charge in [-0.25, -0.2) is 4.98 Å². The van der Waals surface area contributed by atoms with Crippen LogP contribution in [0.25, 0.3) is 0 Å². The van der Waals surface area contributed by atoms with Gasteiger partial charge in [-0.15, -0.1) is 0 Å². The predicted molar refractivity (Wildman–Crippen MR) is 65.9 cm³/mol. The molecule has 2 N–H and O–H groups in total. The van der Waals surface area contributed by atoms with Crippen LogP contribution < -0.4 is 10.6 Å². The SMILES string of the molecule is CN(CC1CCCO1)c1cc(C(F)(F)F)cc(N)n1. The third kappa shape index (κ3) is 3.50. The number of aromatic nitrogens is 1. The van der Waals surface area contributed by atoms with Crippen LogP contribution in [0.4, 0.5) is 24.8 Å². The first kappa shape index (κ1) is 13.9. The maximum absolute atomic E-state index is 12.7. The summed E-state index contributed by atoms with van der Waals surface area (Å²) in [4.78, 5) is 5.58. The van der Waals surface area contributed by atoms with E-state index in [1.807, 2.05) is 0 Å². The van der Waals surface area contributed by atoms with Gasteiger partial charge in [0, 0.05) is 20.2 Å². The van der Waals surface area contributed by atoms with Gasteiger partial charge < -0.3 is 15.4 Å². The van der Waals surface area contributed by atoms with Gasteiger partial charge in [-0.2, -0.15) is 13.2 Å². The minimum absolute atomic E-state index is 0.0440. The molecule has 7 heteroatoms. The standard InChI is InChI=1S/C12H16F3N3O/c1-18(7-9-3-2-4-19-9)11-6-8(12(13,14)15)5-10(16)17-11/h5-6,9H,2-4,7H2,1H3,(H2,16,17). The number of nitrogen functional groups attached to an aromatic ring is 1. The van der Waals surface area contributed by atoms with Crippen LogP contribution in [0.3, 0.4) is 0 Å². The fourth-order valence-electron chi connectivity index (χ4n) is 2.08. The molecule has 0 amide bonds. The molecule has 106 valence electrons. The monoisotopic (exact) mass is 275 g/mol. The summed E-state index contributed by atoms with van der Waals surface area (Å²) < 4.78 is 43.5. The highest BCUT2D eigenvalue weighted by atomic mass is 19.4. The number of nitrogens with zero attached hydrogens (tertiary/aromatic N) is 2. The third-order valence-corrected chi connectivity index (χ3v) is 3.05. The molecule has 1 aromatic heterocycles. The van der Waals surface area contributed by atoms with Crippen LogP contribution in [0.2, 0.25) is 0 Å². The number of hydrogen-bond acceptors (Lipinski definition) is 4. The minimum Gasteiger partial charge on any atom is -0.384 e. The first-order valence-electron chi connectivity index (χ1n) is 6.04. The van der Waals surface area contributed by atoms with Gasteiger partial charge in [0.15, 0.2) is 0 Å². The Bertz CT molecular complexity index is 444. The lowest BCUT2D eigenvalue weighted by molar-refractivity contribution is -0.137. The average Bonchev–Trinajstić information content (AvgIpc) is 2.79. The Labute approximate surface area is 109 Å². The zero-order chi connectivity index (χ0) is 14.0. The van der Waals surface area contributed by atoms with Crippen molar-refractivity contribution in [3.8, 4) is 0 Å². The second kappa shape index (κ2) is 5.24. The Balaban J connectivity index is 2.16. The van der Waals surface area contributed by atoms with Gasteiger partial charge >= 0.3 is 6.18 Å². The molecule has 1 aliphatic rings. The second-order valence-electron chi connectivity index (χ2n) is 4.65. The quantitative estimate of drug-likeness (QED) is 0.919. The lowest BCUT2D eigenvalue weighted by Gasteiger charge is -2.22. The molecule has 4 nitrogen and oxygen atoms in total. The highest BCUT2D eigenvalue weighted by molar-refractivity contribution is 5.49. The van der Waals surface area contributed by atoms with Crippen molar-refractivity contribution < 1.29 is 17.9 Å². The zero-order valence-corrected chi connectivity index (χ0v) is 10.6. The van der Waals surface area contributed by atoms with Crippen molar-refractivity contribution in [1.82, 2.24) is 4.98 Å². The molecule has 1 fully saturated rings. The molecule has 1 aromatic rings. The lowest BCUT2D eigenvalue weighted by Crippen LogP contribution is -2.29. The Kier molecular flexibility index (Phi) is 3.84. The molecule has 1 aliphatic heterocycles. The van der Waals surface area contributed by atoms with Gasteiger partial charge in [0.1, 0.15) is 11.6 Å².